The van der Waals surface area contributed by atoms with E-state index in [1.165, 1.54) is 0 Å². The molecule has 0 aliphatic heterocycles. The number of aliphatic imine (C=N–C) groups is 1. The predicted molar refractivity (Wildman–Crippen MR) is 43.9 cm³/mol. The second kappa shape index (κ2) is 5.91. The molecule has 0 aliphatic rings. The monoisotopic (exact) mass is 162 g/mol. The van der Waals surface area contributed by atoms with E-state index < -0.39 is 12.7 Å². The number of nitrogens with two attached hydrogens (primary N) is 3. The molecule has 4 nitrogen and oxygen atoms in total. The minimum absolute atomic E-state index is 0.0651. The third-order valence-corrected chi connectivity index (χ3v) is 1.25. The quantitative estimate of drug-likeness (QED) is 0.370. The van der Waals surface area contributed by atoms with E-state index in [9.17, 15) is 4.39 Å². The van der Waals surface area contributed by atoms with Crippen LogP contribution in [0.1, 0.15) is 12.8 Å². The van der Waals surface area contributed by atoms with Crippen molar-refractivity contribution < 1.29 is 4.39 Å². The van der Waals surface area contributed by atoms with E-state index in [0.717, 1.165) is 6.42 Å². The highest BCUT2D eigenvalue weighted by Gasteiger charge is 2.04. The second-order valence-electron chi connectivity index (χ2n) is 2.29. The lowest BCUT2D eigenvalue weighted by Gasteiger charge is -2.06. The summed E-state index contributed by atoms with van der Waals surface area (Å²) in [5.41, 5.74) is 15.4. The van der Waals surface area contributed by atoms with Gasteiger partial charge in [-0.2, -0.15) is 0 Å². The molecule has 1 unspecified atom stereocenters. The van der Waals surface area contributed by atoms with Gasteiger partial charge in [-0.15, -0.1) is 0 Å². The molecule has 0 rings (SSSR count). The molecule has 0 aromatic rings. The summed E-state index contributed by atoms with van der Waals surface area (Å²) < 4.78 is 12.1. The zero-order valence-electron chi connectivity index (χ0n) is 6.46. The van der Waals surface area contributed by atoms with Crippen molar-refractivity contribution in [3.05, 3.63) is 0 Å². The molecule has 0 amide bonds. The maximum atomic E-state index is 12.1. The standard InChI is InChI=1S/C6H15FN4/c7-4-5(2-1-3-8)11-6(9)10/h5H,1-4,8H2,(H4,9,10,11). The molecule has 0 bridgehead atoms. The average molecular weight is 162 g/mol. The molecule has 0 aromatic carbocycles. The summed E-state index contributed by atoms with van der Waals surface area (Å²) in [6, 6.07) is -0.413. The minimum Gasteiger partial charge on any atom is -0.370 e. The van der Waals surface area contributed by atoms with E-state index in [4.69, 9.17) is 17.2 Å². The van der Waals surface area contributed by atoms with E-state index in [2.05, 4.69) is 4.99 Å². The Kier molecular flexibility index (Phi) is 5.46. The number of halogens is 1. The Morgan fingerprint density at radius 2 is 2.09 bits per heavy atom. The molecular formula is C6H15FN4. The minimum atomic E-state index is -0.530. The van der Waals surface area contributed by atoms with Gasteiger partial charge in [0.25, 0.3) is 0 Å². The molecule has 0 saturated carbocycles. The van der Waals surface area contributed by atoms with Crippen LogP contribution in [0.25, 0.3) is 0 Å². The van der Waals surface area contributed by atoms with Gasteiger partial charge >= 0.3 is 0 Å². The number of nitrogens with zero attached hydrogens (tertiary/aromatic N) is 1. The van der Waals surface area contributed by atoms with Crippen molar-refractivity contribution in [3.63, 3.8) is 0 Å². The maximum absolute atomic E-state index is 12.1. The van der Waals surface area contributed by atoms with Crippen LogP contribution >= 0.6 is 0 Å². The molecular weight excluding hydrogens is 147 g/mol. The van der Waals surface area contributed by atoms with Crippen molar-refractivity contribution >= 4 is 5.96 Å². The second-order valence-corrected chi connectivity index (χ2v) is 2.29. The van der Waals surface area contributed by atoms with Gasteiger partial charge in [-0.25, -0.2) is 9.38 Å². The van der Waals surface area contributed by atoms with Gasteiger partial charge in [-0.1, -0.05) is 0 Å². The van der Waals surface area contributed by atoms with Crippen molar-refractivity contribution in [3.8, 4) is 0 Å². The molecule has 5 heteroatoms. The topological polar surface area (TPSA) is 90.4 Å². The zero-order chi connectivity index (χ0) is 8.69. The van der Waals surface area contributed by atoms with Gasteiger partial charge in [0.2, 0.25) is 0 Å². The first-order valence-corrected chi connectivity index (χ1v) is 3.55. The molecule has 0 heterocycles. The first kappa shape index (κ1) is 10.2. The highest BCUT2D eigenvalue weighted by molar-refractivity contribution is 5.75. The predicted octanol–water partition coefficient (Wildman–Crippen LogP) is -0.663. The van der Waals surface area contributed by atoms with Gasteiger partial charge in [0, 0.05) is 0 Å². The largest absolute Gasteiger partial charge is 0.370 e. The van der Waals surface area contributed by atoms with Crippen LogP contribution in [0, 0.1) is 0 Å². The summed E-state index contributed by atoms with van der Waals surface area (Å²) in [6.45, 7) is 0.00833. The van der Waals surface area contributed by atoms with E-state index in [0.29, 0.717) is 13.0 Å². The summed E-state index contributed by atoms with van der Waals surface area (Å²) in [5.74, 6) is -0.0651. The molecule has 0 aliphatic carbocycles. The van der Waals surface area contributed by atoms with Crippen molar-refractivity contribution in [1.29, 1.82) is 0 Å². The smallest absolute Gasteiger partial charge is 0.186 e. The van der Waals surface area contributed by atoms with Crippen LogP contribution in [0.3, 0.4) is 0 Å². The molecule has 11 heavy (non-hydrogen) atoms. The van der Waals surface area contributed by atoms with Crippen molar-refractivity contribution in [2.45, 2.75) is 18.9 Å². The summed E-state index contributed by atoms with van der Waals surface area (Å²) in [7, 11) is 0. The van der Waals surface area contributed by atoms with Gasteiger partial charge in [-0.3, -0.25) is 0 Å². The van der Waals surface area contributed by atoms with Gasteiger partial charge in [0.15, 0.2) is 5.96 Å². The third kappa shape index (κ3) is 5.60. The Hall–Kier alpha value is -0.840. The van der Waals surface area contributed by atoms with Crippen molar-refractivity contribution in [2.24, 2.45) is 22.2 Å². The van der Waals surface area contributed by atoms with Gasteiger partial charge in [-0.05, 0) is 19.4 Å². The Balaban J connectivity index is 3.67. The fourth-order valence-electron chi connectivity index (χ4n) is 0.740. The molecule has 0 spiro atoms. The highest BCUT2D eigenvalue weighted by atomic mass is 19.1. The van der Waals surface area contributed by atoms with Crippen LogP contribution in [0.2, 0.25) is 0 Å². The van der Waals surface area contributed by atoms with Gasteiger partial charge < -0.3 is 17.2 Å². The zero-order valence-corrected chi connectivity index (χ0v) is 6.46. The van der Waals surface area contributed by atoms with Crippen LogP contribution in [-0.2, 0) is 0 Å². The number of hydrogen-bond donors (Lipinski definition) is 3. The molecule has 66 valence electrons. The Morgan fingerprint density at radius 1 is 1.45 bits per heavy atom. The van der Waals surface area contributed by atoms with Crippen LogP contribution in [0.5, 0.6) is 0 Å². The number of guanidine groups is 1. The van der Waals surface area contributed by atoms with Crippen LogP contribution in [0.15, 0.2) is 4.99 Å². The molecule has 6 N–H and O–H groups in total. The maximum Gasteiger partial charge on any atom is 0.186 e. The molecule has 1 atom stereocenters. The van der Waals surface area contributed by atoms with Gasteiger partial charge in [0.05, 0.1) is 6.04 Å². The van der Waals surface area contributed by atoms with E-state index in [1.807, 2.05) is 0 Å². The fraction of sp³-hybridized carbons (Fsp3) is 0.833. The number of rotatable bonds is 5. The van der Waals surface area contributed by atoms with Crippen molar-refractivity contribution in [2.75, 3.05) is 13.2 Å². The first-order chi connectivity index (χ1) is 5.20. The van der Waals surface area contributed by atoms with Crippen molar-refractivity contribution in [1.82, 2.24) is 0 Å². The number of hydrogen-bond acceptors (Lipinski definition) is 2. The summed E-state index contributed by atoms with van der Waals surface area (Å²) >= 11 is 0. The van der Waals surface area contributed by atoms with E-state index in [1.54, 1.807) is 0 Å². The Labute approximate surface area is 65.6 Å². The van der Waals surface area contributed by atoms with Crippen LogP contribution in [-0.4, -0.2) is 25.2 Å². The van der Waals surface area contributed by atoms with Crippen LogP contribution in [0.4, 0.5) is 4.39 Å². The van der Waals surface area contributed by atoms with E-state index in [-0.39, 0.29) is 5.96 Å². The summed E-state index contributed by atoms with van der Waals surface area (Å²) in [5, 5.41) is 0. The molecule has 0 aromatic heterocycles. The lowest BCUT2D eigenvalue weighted by Crippen LogP contribution is -2.26. The highest BCUT2D eigenvalue weighted by Crippen LogP contribution is 2.01. The molecule has 0 radical (unpaired) electrons. The normalized spacial score (nSPS) is 12.5. The SMILES string of the molecule is NCCCC(CF)N=C(N)N. The van der Waals surface area contributed by atoms with E-state index >= 15 is 0 Å². The molecule has 0 fully saturated rings. The lowest BCUT2D eigenvalue weighted by molar-refractivity contribution is 0.410. The Morgan fingerprint density at radius 3 is 2.45 bits per heavy atom. The fourth-order valence-corrected chi connectivity index (χ4v) is 0.740. The summed E-state index contributed by atoms with van der Waals surface area (Å²) in [4.78, 5) is 3.67. The summed E-state index contributed by atoms with van der Waals surface area (Å²) in [6.07, 6.45) is 1.34. The number of alkyl halides is 1. The lowest BCUT2D eigenvalue weighted by atomic mass is 10.2. The Bertz CT molecular complexity index is 122. The average Bonchev–Trinajstić information content (AvgIpc) is 1.97. The van der Waals surface area contributed by atoms with Crippen LogP contribution < -0.4 is 17.2 Å². The molecule has 0 saturated heterocycles. The third-order valence-electron chi connectivity index (χ3n) is 1.25. The van der Waals surface area contributed by atoms with Gasteiger partial charge in [0.1, 0.15) is 6.67 Å². The first-order valence-electron chi connectivity index (χ1n) is 3.55.